The van der Waals surface area contributed by atoms with Crippen LogP contribution in [0.4, 0.5) is 0 Å². The first kappa shape index (κ1) is 10.5. The Labute approximate surface area is 100 Å². The van der Waals surface area contributed by atoms with Crippen molar-refractivity contribution in [1.82, 2.24) is 20.7 Å². The summed E-state index contributed by atoms with van der Waals surface area (Å²) in [5, 5.41) is 14.0. The van der Waals surface area contributed by atoms with Crippen LogP contribution in [0.2, 0.25) is 0 Å². The molecule has 3 rings (SSSR count). The van der Waals surface area contributed by atoms with Crippen LogP contribution in [0.5, 0.6) is 0 Å². The minimum Gasteiger partial charge on any atom is -0.312 e. The molecule has 0 radical (unpaired) electrons. The van der Waals surface area contributed by atoms with Crippen LogP contribution in [-0.4, -0.2) is 22.5 Å². The number of aromatic amines is 1. The van der Waals surface area contributed by atoms with Crippen LogP contribution in [-0.2, 0) is 6.42 Å². The van der Waals surface area contributed by atoms with E-state index in [0.29, 0.717) is 5.92 Å². The monoisotopic (exact) mass is 228 g/mol. The normalized spacial score (nSPS) is 19.5. The van der Waals surface area contributed by atoms with Crippen LogP contribution in [0, 0.1) is 0 Å². The summed E-state index contributed by atoms with van der Waals surface area (Å²) in [6.07, 6.45) is 4.07. The van der Waals surface area contributed by atoms with Gasteiger partial charge in [0.05, 0.1) is 17.9 Å². The number of fused-ring (bicyclic) bond motifs is 1. The lowest BCUT2D eigenvalue weighted by atomic mass is 9.74. The second-order valence-corrected chi connectivity index (χ2v) is 4.57. The number of rotatable bonds is 4. The van der Waals surface area contributed by atoms with Gasteiger partial charge in [0.25, 0.3) is 0 Å². The summed E-state index contributed by atoms with van der Waals surface area (Å²) in [6, 6.07) is 8.97. The highest BCUT2D eigenvalue weighted by atomic mass is 15.3. The molecule has 2 atom stereocenters. The molecule has 0 bridgehead atoms. The maximum Gasteiger partial charge on any atom is 0.0993 e. The molecule has 1 aliphatic carbocycles. The zero-order valence-corrected chi connectivity index (χ0v) is 9.85. The Hall–Kier alpha value is -1.68. The Morgan fingerprint density at radius 3 is 3.06 bits per heavy atom. The molecule has 2 aromatic rings. The number of aromatic nitrogens is 3. The van der Waals surface area contributed by atoms with Crippen molar-refractivity contribution in [3.63, 3.8) is 0 Å². The summed E-state index contributed by atoms with van der Waals surface area (Å²) in [4.78, 5) is 0. The molecule has 0 saturated carbocycles. The van der Waals surface area contributed by atoms with Crippen LogP contribution in [0.3, 0.4) is 0 Å². The molecular formula is C13H16N4. The number of hydrogen-bond donors (Lipinski definition) is 2. The fourth-order valence-corrected chi connectivity index (χ4v) is 2.62. The van der Waals surface area contributed by atoms with Crippen molar-refractivity contribution < 1.29 is 0 Å². The lowest BCUT2D eigenvalue weighted by molar-refractivity contribution is 0.445. The second-order valence-electron chi connectivity index (χ2n) is 4.57. The molecule has 4 nitrogen and oxygen atoms in total. The van der Waals surface area contributed by atoms with Crippen LogP contribution in [0.15, 0.2) is 30.5 Å². The minimum atomic E-state index is 0.284. The highest BCUT2D eigenvalue weighted by Crippen LogP contribution is 2.40. The maximum atomic E-state index is 4.16. The van der Waals surface area contributed by atoms with Gasteiger partial charge in [0.15, 0.2) is 0 Å². The Morgan fingerprint density at radius 1 is 1.47 bits per heavy atom. The van der Waals surface area contributed by atoms with Crippen LogP contribution in [0.1, 0.15) is 35.2 Å². The Bertz CT molecular complexity index is 492. The summed E-state index contributed by atoms with van der Waals surface area (Å²) in [5.74, 6) is 0.653. The highest BCUT2D eigenvalue weighted by molar-refractivity contribution is 5.40. The van der Waals surface area contributed by atoms with E-state index >= 15 is 0 Å². The Balaban J connectivity index is 1.73. The van der Waals surface area contributed by atoms with Crippen molar-refractivity contribution in [2.45, 2.75) is 24.8 Å². The predicted octanol–water partition coefficient (Wildman–Crippen LogP) is 1.80. The third kappa shape index (κ3) is 1.85. The van der Waals surface area contributed by atoms with E-state index in [1.54, 1.807) is 6.20 Å². The van der Waals surface area contributed by atoms with Gasteiger partial charge in [-0.25, -0.2) is 0 Å². The molecule has 1 aliphatic rings. The third-order valence-electron chi connectivity index (χ3n) is 3.62. The maximum absolute atomic E-state index is 4.16. The van der Waals surface area contributed by atoms with Crippen molar-refractivity contribution in [2.24, 2.45) is 0 Å². The molecule has 88 valence electrons. The minimum absolute atomic E-state index is 0.284. The molecular weight excluding hydrogens is 212 g/mol. The molecule has 2 N–H and O–H groups in total. The smallest absolute Gasteiger partial charge is 0.0993 e. The van der Waals surface area contributed by atoms with E-state index < -0.39 is 0 Å². The van der Waals surface area contributed by atoms with E-state index in [1.165, 1.54) is 17.5 Å². The lowest BCUT2D eigenvalue weighted by Crippen LogP contribution is -2.25. The van der Waals surface area contributed by atoms with Crippen LogP contribution in [0.25, 0.3) is 0 Å². The van der Waals surface area contributed by atoms with Crippen LogP contribution >= 0.6 is 0 Å². The summed E-state index contributed by atoms with van der Waals surface area (Å²) in [6.45, 7) is 0. The van der Waals surface area contributed by atoms with Crippen molar-refractivity contribution in [3.8, 4) is 0 Å². The number of benzene rings is 1. The van der Waals surface area contributed by atoms with E-state index in [0.717, 1.165) is 12.1 Å². The van der Waals surface area contributed by atoms with Crippen molar-refractivity contribution in [3.05, 3.63) is 47.3 Å². The average molecular weight is 228 g/mol. The molecule has 0 aliphatic heterocycles. The zero-order chi connectivity index (χ0) is 11.7. The molecule has 1 heterocycles. The van der Waals surface area contributed by atoms with Gasteiger partial charge in [-0.1, -0.05) is 24.3 Å². The van der Waals surface area contributed by atoms with Crippen molar-refractivity contribution >= 4 is 0 Å². The largest absolute Gasteiger partial charge is 0.312 e. The first-order valence-corrected chi connectivity index (χ1v) is 5.99. The summed E-state index contributed by atoms with van der Waals surface area (Å²) >= 11 is 0. The standard InChI is InChI=1S/C13H16N4/c1-14-12(13-8-15-17-16-13)7-10-6-9-4-2-3-5-11(9)10/h2-5,8,10,12,14H,6-7H2,1H3,(H,15,16,17). The van der Waals surface area contributed by atoms with Gasteiger partial charge in [-0.3, -0.25) is 0 Å². The molecule has 0 amide bonds. The first-order chi connectivity index (χ1) is 8.38. The summed E-state index contributed by atoms with van der Waals surface area (Å²) < 4.78 is 0. The van der Waals surface area contributed by atoms with Crippen molar-refractivity contribution in [1.29, 1.82) is 0 Å². The van der Waals surface area contributed by atoms with Crippen molar-refractivity contribution in [2.75, 3.05) is 7.05 Å². The quantitative estimate of drug-likeness (QED) is 0.839. The van der Waals surface area contributed by atoms with E-state index in [1.807, 2.05) is 7.05 Å². The average Bonchev–Trinajstić information content (AvgIpc) is 2.84. The molecule has 0 saturated heterocycles. The molecule has 0 spiro atoms. The van der Waals surface area contributed by atoms with Gasteiger partial charge in [-0.15, -0.1) is 0 Å². The van der Waals surface area contributed by atoms with Gasteiger partial charge in [-0.05, 0) is 36.9 Å². The lowest BCUT2D eigenvalue weighted by Gasteiger charge is -2.32. The van der Waals surface area contributed by atoms with E-state index in [9.17, 15) is 0 Å². The predicted molar refractivity (Wildman–Crippen MR) is 65.7 cm³/mol. The third-order valence-corrected chi connectivity index (χ3v) is 3.62. The fourth-order valence-electron chi connectivity index (χ4n) is 2.62. The van der Waals surface area contributed by atoms with Gasteiger partial charge in [0.2, 0.25) is 0 Å². The molecule has 4 heteroatoms. The number of nitrogens with one attached hydrogen (secondary N) is 2. The molecule has 1 aromatic carbocycles. The topological polar surface area (TPSA) is 53.6 Å². The summed E-state index contributed by atoms with van der Waals surface area (Å²) in [7, 11) is 1.98. The highest BCUT2D eigenvalue weighted by Gasteiger charge is 2.28. The zero-order valence-electron chi connectivity index (χ0n) is 9.85. The van der Waals surface area contributed by atoms with E-state index in [4.69, 9.17) is 0 Å². The Kier molecular flexibility index (Phi) is 2.65. The van der Waals surface area contributed by atoms with Gasteiger partial charge in [-0.2, -0.15) is 15.4 Å². The molecule has 0 fully saturated rings. The van der Waals surface area contributed by atoms with Crippen LogP contribution < -0.4 is 5.32 Å². The molecule has 1 aromatic heterocycles. The van der Waals surface area contributed by atoms with Gasteiger partial charge < -0.3 is 5.32 Å². The Morgan fingerprint density at radius 2 is 2.35 bits per heavy atom. The molecule has 17 heavy (non-hydrogen) atoms. The van der Waals surface area contributed by atoms with Gasteiger partial charge >= 0.3 is 0 Å². The fraction of sp³-hybridized carbons (Fsp3) is 0.385. The number of hydrogen-bond acceptors (Lipinski definition) is 3. The molecule has 2 unspecified atom stereocenters. The first-order valence-electron chi connectivity index (χ1n) is 5.99. The van der Waals surface area contributed by atoms with E-state index in [2.05, 4.69) is 45.0 Å². The SMILES string of the molecule is CNC(CC1Cc2ccccc21)c1cn[nH]n1. The number of H-pyrrole nitrogens is 1. The van der Waals surface area contributed by atoms with Gasteiger partial charge in [0, 0.05) is 0 Å². The number of nitrogens with zero attached hydrogens (tertiary/aromatic N) is 2. The van der Waals surface area contributed by atoms with Gasteiger partial charge in [0.1, 0.15) is 0 Å². The summed E-state index contributed by atoms with van der Waals surface area (Å²) in [5.41, 5.74) is 3.99. The second kappa shape index (κ2) is 4.30. The van der Waals surface area contributed by atoms with E-state index in [-0.39, 0.29) is 6.04 Å².